The van der Waals surface area contributed by atoms with E-state index in [1.165, 1.54) is 0 Å². The van der Waals surface area contributed by atoms with Crippen molar-refractivity contribution in [1.29, 1.82) is 0 Å². The van der Waals surface area contributed by atoms with E-state index in [1.807, 2.05) is 11.8 Å². The third kappa shape index (κ3) is 1.46. The summed E-state index contributed by atoms with van der Waals surface area (Å²) in [5.41, 5.74) is -0.0717. The summed E-state index contributed by atoms with van der Waals surface area (Å²) in [4.78, 5) is 13.8. The predicted molar refractivity (Wildman–Crippen MR) is 49.2 cm³/mol. The minimum atomic E-state index is -0.0717. The number of amides is 1. The van der Waals surface area contributed by atoms with Crippen molar-refractivity contribution in [3.05, 3.63) is 0 Å². The van der Waals surface area contributed by atoms with Gasteiger partial charge in [-0.2, -0.15) is 0 Å². The van der Waals surface area contributed by atoms with Gasteiger partial charge in [-0.05, 0) is 25.7 Å². The number of hydrogen-bond donors (Lipinski definition) is 1. The van der Waals surface area contributed by atoms with E-state index in [4.69, 9.17) is 5.11 Å². The van der Waals surface area contributed by atoms with E-state index in [0.717, 1.165) is 32.2 Å². The number of nitrogens with zero attached hydrogens (tertiary/aromatic N) is 1. The Balaban J connectivity index is 2.03. The van der Waals surface area contributed by atoms with Gasteiger partial charge in [0.2, 0.25) is 5.91 Å². The van der Waals surface area contributed by atoms with E-state index >= 15 is 0 Å². The topological polar surface area (TPSA) is 40.5 Å². The van der Waals surface area contributed by atoms with Gasteiger partial charge in [0.25, 0.3) is 0 Å². The lowest BCUT2D eigenvalue weighted by Crippen LogP contribution is -2.41. The van der Waals surface area contributed by atoms with Crippen molar-refractivity contribution in [1.82, 2.24) is 4.90 Å². The van der Waals surface area contributed by atoms with Crippen LogP contribution in [0.15, 0.2) is 0 Å². The van der Waals surface area contributed by atoms with Crippen molar-refractivity contribution in [2.24, 2.45) is 5.41 Å². The lowest BCUT2D eigenvalue weighted by molar-refractivity contribution is -0.137. The summed E-state index contributed by atoms with van der Waals surface area (Å²) in [6.45, 7) is 3.00. The molecule has 0 aromatic carbocycles. The first kappa shape index (κ1) is 9.00. The Hall–Kier alpha value is -0.570. The average Bonchev–Trinajstić information content (AvgIpc) is 2.71. The highest BCUT2D eigenvalue weighted by atomic mass is 16.3. The number of rotatable bonds is 2. The van der Waals surface area contributed by atoms with Crippen LogP contribution in [0.5, 0.6) is 0 Å². The second-order valence-corrected chi connectivity index (χ2v) is 4.54. The molecule has 1 unspecified atom stereocenters. The van der Waals surface area contributed by atoms with Crippen LogP contribution in [0.4, 0.5) is 0 Å². The summed E-state index contributed by atoms with van der Waals surface area (Å²) in [6, 6.07) is 0.102. The third-order valence-electron chi connectivity index (χ3n) is 3.37. The summed E-state index contributed by atoms with van der Waals surface area (Å²) in [6.07, 6.45) is 4.08. The van der Waals surface area contributed by atoms with E-state index < -0.39 is 0 Å². The second-order valence-electron chi connectivity index (χ2n) is 4.54. The molecule has 1 saturated carbocycles. The van der Waals surface area contributed by atoms with Crippen LogP contribution in [-0.4, -0.2) is 35.1 Å². The van der Waals surface area contributed by atoms with Crippen molar-refractivity contribution in [2.45, 2.75) is 38.6 Å². The molecule has 0 aromatic rings. The Kier molecular flexibility index (Phi) is 2.06. The van der Waals surface area contributed by atoms with Crippen LogP contribution in [0.3, 0.4) is 0 Å². The molecule has 1 amide bonds. The zero-order chi connectivity index (χ0) is 9.47. The normalized spacial score (nSPS) is 30.6. The fourth-order valence-corrected chi connectivity index (χ4v) is 2.04. The first-order valence-corrected chi connectivity index (χ1v) is 5.09. The predicted octanol–water partition coefficient (Wildman–Crippen LogP) is 0.770. The molecule has 3 nitrogen and oxygen atoms in total. The summed E-state index contributed by atoms with van der Waals surface area (Å²) >= 11 is 0. The van der Waals surface area contributed by atoms with Crippen molar-refractivity contribution >= 4 is 5.91 Å². The Morgan fingerprint density at radius 2 is 2.31 bits per heavy atom. The monoisotopic (exact) mass is 183 g/mol. The van der Waals surface area contributed by atoms with Crippen LogP contribution >= 0.6 is 0 Å². The molecule has 0 bridgehead atoms. The minimum Gasteiger partial charge on any atom is -0.394 e. The molecule has 3 heteroatoms. The van der Waals surface area contributed by atoms with Gasteiger partial charge in [0, 0.05) is 12.0 Å². The number of carbonyl (C=O) groups excluding carboxylic acids is 1. The molecule has 1 aliphatic heterocycles. The largest absolute Gasteiger partial charge is 0.394 e. The molecule has 74 valence electrons. The van der Waals surface area contributed by atoms with Gasteiger partial charge >= 0.3 is 0 Å². The SMILES string of the molecule is CC1(C(=O)N2CCCC2CO)CC1. The van der Waals surface area contributed by atoms with Gasteiger partial charge in [-0.3, -0.25) is 4.79 Å². The number of hydrogen-bond acceptors (Lipinski definition) is 2. The standard InChI is InChI=1S/C10H17NO2/c1-10(4-5-10)9(13)11-6-2-3-8(11)7-12/h8,12H,2-7H2,1H3. The highest BCUT2D eigenvalue weighted by Crippen LogP contribution is 2.47. The van der Waals surface area contributed by atoms with Gasteiger partial charge in [0.1, 0.15) is 0 Å². The van der Waals surface area contributed by atoms with Crippen LogP contribution in [0.1, 0.15) is 32.6 Å². The maximum atomic E-state index is 11.9. The van der Waals surface area contributed by atoms with Crippen molar-refractivity contribution in [3.8, 4) is 0 Å². The quantitative estimate of drug-likeness (QED) is 0.687. The highest BCUT2D eigenvalue weighted by Gasteiger charge is 2.48. The summed E-state index contributed by atoms with van der Waals surface area (Å²) in [5.74, 6) is 0.268. The maximum Gasteiger partial charge on any atom is 0.228 e. The van der Waals surface area contributed by atoms with Crippen LogP contribution in [-0.2, 0) is 4.79 Å². The van der Waals surface area contributed by atoms with Gasteiger partial charge < -0.3 is 10.0 Å². The summed E-state index contributed by atoms with van der Waals surface area (Å²) in [7, 11) is 0. The Morgan fingerprint density at radius 1 is 1.62 bits per heavy atom. The van der Waals surface area contributed by atoms with E-state index in [-0.39, 0.29) is 24.0 Å². The van der Waals surface area contributed by atoms with E-state index in [2.05, 4.69) is 0 Å². The van der Waals surface area contributed by atoms with Gasteiger partial charge in [-0.1, -0.05) is 6.92 Å². The molecule has 0 spiro atoms. The number of aliphatic hydroxyl groups is 1. The molecule has 13 heavy (non-hydrogen) atoms. The van der Waals surface area contributed by atoms with Crippen LogP contribution in [0.25, 0.3) is 0 Å². The Bertz CT molecular complexity index is 223. The first-order valence-electron chi connectivity index (χ1n) is 5.09. The zero-order valence-corrected chi connectivity index (χ0v) is 8.12. The molecule has 1 N–H and O–H groups in total. The van der Waals surface area contributed by atoms with E-state index in [0.29, 0.717) is 0 Å². The molecule has 1 aliphatic carbocycles. The molecule has 1 saturated heterocycles. The number of likely N-dealkylation sites (tertiary alicyclic amines) is 1. The molecule has 2 aliphatic rings. The Labute approximate surface area is 78.7 Å². The van der Waals surface area contributed by atoms with E-state index in [1.54, 1.807) is 0 Å². The fraction of sp³-hybridized carbons (Fsp3) is 0.900. The molecule has 1 heterocycles. The molecule has 0 aromatic heterocycles. The van der Waals surface area contributed by atoms with Crippen molar-refractivity contribution in [2.75, 3.05) is 13.2 Å². The number of carbonyl (C=O) groups is 1. The zero-order valence-electron chi connectivity index (χ0n) is 8.12. The summed E-state index contributed by atoms with van der Waals surface area (Å²) < 4.78 is 0. The fourth-order valence-electron chi connectivity index (χ4n) is 2.04. The minimum absolute atomic E-state index is 0.0717. The van der Waals surface area contributed by atoms with Crippen molar-refractivity contribution < 1.29 is 9.90 Å². The molecule has 2 fully saturated rings. The van der Waals surface area contributed by atoms with Gasteiger partial charge in [-0.25, -0.2) is 0 Å². The Morgan fingerprint density at radius 3 is 2.85 bits per heavy atom. The van der Waals surface area contributed by atoms with Crippen LogP contribution in [0.2, 0.25) is 0 Å². The molecular weight excluding hydrogens is 166 g/mol. The van der Waals surface area contributed by atoms with Crippen LogP contribution in [0, 0.1) is 5.41 Å². The lowest BCUT2D eigenvalue weighted by atomic mass is 10.1. The van der Waals surface area contributed by atoms with Crippen molar-refractivity contribution in [3.63, 3.8) is 0 Å². The molecular formula is C10H17NO2. The second kappa shape index (κ2) is 2.98. The van der Waals surface area contributed by atoms with E-state index in [9.17, 15) is 4.79 Å². The number of aliphatic hydroxyl groups excluding tert-OH is 1. The van der Waals surface area contributed by atoms with Gasteiger partial charge in [0.15, 0.2) is 0 Å². The van der Waals surface area contributed by atoms with Crippen LogP contribution < -0.4 is 0 Å². The first-order chi connectivity index (χ1) is 6.17. The molecule has 1 atom stereocenters. The van der Waals surface area contributed by atoms with Gasteiger partial charge in [0.05, 0.1) is 12.6 Å². The summed E-state index contributed by atoms with van der Waals surface area (Å²) in [5, 5.41) is 9.08. The third-order valence-corrected chi connectivity index (χ3v) is 3.37. The smallest absolute Gasteiger partial charge is 0.228 e. The average molecular weight is 183 g/mol. The van der Waals surface area contributed by atoms with Gasteiger partial charge in [-0.15, -0.1) is 0 Å². The molecule has 0 radical (unpaired) electrons. The maximum absolute atomic E-state index is 11.9. The molecule has 2 rings (SSSR count). The lowest BCUT2D eigenvalue weighted by Gasteiger charge is -2.26. The highest BCUT2D eigenvalue weighted by molar-refractivity contribution is 5.85.